The summed E-state index contributed by atoms with van der Waals surface area (Å²) in [5, 5.41) is 0. The lowest BCUT2D eigenvalue weighted by Crippen LogP contribution is -2.18. The molecular weight excluding hydrogens is 264 g/mol. The van der Waals surface area contributed by atoms with Crippen LogP contribution >= 0.6 is 12.2 Å². The minimum atomic E-state index is 0.466. The van der Waals surface area contributed by atoms with E-state index in [4.69, 9.17) is 12.2 Å². The molecule has 0 fully saturated rings. The van der Waals surface area contributed by atoms with Crippen molar-refractivity contribution < 1.29 is 0 Å². The minimum Gasteiger partial charge on any atom is -0.331 e. The van der Waals surface area contributed by atoms with Crippen LogP contribution in [0, 0.1) is 4.77 Å². The van der Waals surface area contributed by atoms with E-state index in [0.717, 1.165) is 29.6 Å². The number of aryl methyl sites for hydroxylation is 1. The van der Waals surface area contributed by atoms with Gasteiger partial charge in [-0.3, -0.25) is 0 Å². The zero-order valence-corrected chi connectivity index (χ0v) is 12.0. The number of aromatic amines is 1. The number of benzene rings is 2. The van der Waals surface area contributed by atoms with Crippen LogP contribution in [-0.2, 0) is 12.8 Å². The second-order valence-corrected chi connectivity index (χ2v) is 5.87. The van der Waals surface area contributed by atoms with E-state index in [1.54, 1.807) is 0 Å². The Balaban J connectivity index is 1.82. The normalized spacial score (nSPS) is 18.1. The van der Waals surface area contributed by atoms with E-state index in [0.29, 0.717) is 6.04 Å². The van der Waals surface area contributed by atoms with Gasteiger partial charge in [0.25, 0.3) is 0 Å². The summed E-state index contributed by atoms with van der Waals surface area (Å²) in [4.78, 5) is 3.33. The molecule has 1 N–H and O–H groups in total. The Labute approximate surface area is 123 Å². The first-order valence-corrected chi connectivity index (χ1v) is 7.50. The van der Waals surface area contributed by atoms with Gasteiger partial charge in [-0.25, -0.2) is 0 Å². The molecular formula is C17H16N2S. The van der Waals surface area contributed by atoms with Crippen LogP contribution in [0.2, 0.25) is 0 Å². The van der Waals surface area contributed by atoms with Gasteiger partial charge in [-0.2, -0.15) is 0 Å². The van der Waals surface area contributed by atoms with Gasteiger partial charge in [0.2, 0.25) is 0 Å². The maximum atomic E-state index is 5.54. The number of fused-ring (bicyclic) bond motifs is 2. The predicted molar refractivity (Wildman–Crippen MR) is 84.6 cm³/mol. The third-order valence-corrected chi connectivity index (χ3v) is 4.61. The van der Waals surface area contributed by atoms with Crippen LogP contribution in [0.5, 0.6) is 0 Å². The maximum Gasteiger partial charge on any atom is 0.178 e. The van der Waals surface area contributed by atoms with E-state index in [-0.39, 0.29) is 0 Å². The highest BCUT2D eigenvalue weighted by molar-refractivity contribution is 7.71. The van der Waals surface area contributed by atoms with Crippen LogP contribution in [0.1, 0.15) is 23.6 Å². The SMILES string of the molecule is S=c1[nH]c2ccccc2n1C1CCc2ccccc2C1. The van der Waals surface area contributed by atoms with Gasteiger partial charge >= 0.3 is 0 Å². The van der Waals surface area contributed by atoms with E-state index >= 15 is 0 Å². The van der Waals surface area contributed by atoms with Crippen molar-refractivity contribution in [3.8, 4) is 0 Å². The average molecular weight is 280 g/mol. The highest BCUT2D eigenvalue weighted by atomic mass is 32.1. The fourth-order valence-electron chi connectivity index (χ4n) is 3.34. The monoisotopic (exact) mass is 280 g/mol. The highest BCUT2D eigenvalue weighted by Gasteiger charge is 2.21. The molecule has 0 spiro atoms. The minimum absolute atomic E-state index is 0.466. The third-order valence-electron chi connectivity index (χ3n) is 4.31. The van der Waals surface area contributed by atoms with E-state index in [1.165, 1.54) is 16.6 Å². The molecule has 0 saturated carbocycles. The molecule has 1 aromatic heterocycles. The molecule has 4 rings (SSSR count). The van der Waals surface area contributed by atoms with Crippen molar-refractivity contribution in [2.45, 2.75) is 25.3 Å². The molecule has 0 bridgehead atoms. The Hall–Kier alpha value is -1.87. The fraction of sp³-hybridized carbons (Fsp3) is 0.235. The van der Waals surface area contributed by atoms with Gasteiger partial charge in [-0.05, 0) is 54.7 Å². The van der Waals surface area contributed by atoms with Gasteiger partial charge in [-0.15, -0.1) is 0 Å². The summed E-state index contributed by atoms with van der Waals surface area (Å²) in [5.74, 6) is 0. The van der Waals surface area contributed by atoms with Crippen LogP contribution in [0.3, 0.4) is 0 Å². The number of para-hydroxylation sites is 2. The van der Waals surface area contributed by atoms with Crippen molar-refractivity contribution in [2.24, 2.45) is 0 Å². The number of hydrogen-bond acceptors (Lipinski definition) is 1. The van der Waals surface area contributed by atoms with Gasteiger partial charge in [0, 0.05) is 6.04 Å². The zero-order chi connectivity index (χ0) is 13.5. The second-order valence-electron chi connectivity index (χ2n) is 5.48. The van der Waals surface area contributed by atoms with Gasteiger partial charge in [0.15, 0.2) is 4.77 Å². The number of imidazole rings is 1. The lowest BCUT2D eigenvalue weighted by atomic mass is 9.88. The Morgan fingerprint density at radius 1 is 1.00 bits per heavy atom. The molecule has 1 heterocycles. The Morgan fingerprint density at radius 2 is 1.75 bits per heavy atom. The Morgan fingerprint density at radius 3 is 2.65 bits per heavy atom. The molecule has 2 nitrogen and oxygen atoms in total. The smallest absolute Gasteiger partial charge is 0.178 e. The fourth-order valence-corrected chi connectivity index (χ4v) is 3.69. The molecule has 100 valence electrons. The topological polar surface area (TPSA) is 20.7 Å². The molecule has 1 aliphatic carbocycles. The zero-order valence-electron chi connectivity index (χ0n) is 11.2. The Kier molecular flexibility index (Phi) is 2.74. The Bertz CT molecular complexity index is 828. The highest BCUT2D eigenvalue weighted by Crippen LogP contribution is 2.31. The molecule has 0 amide bonds. The molecule has 1 atom stereocenters. The van der Waals surface area contributed by atoms with Crippen molar-refractivity contribution in [1.29, 1.82) is 0 Å². The largest absolute Gasteiger partial charge is 0.331 e. The average Bonchev–Trinajstić information content (AvgIpc) is 2.82. The number of H-pyrrole nitrogens is 1. The van der Waals surface area contributed by atoms with Crippen LogP contribution in [0.15, 0.2) is 48.5 Å². The van der Waals surface area contributed by atoms with Crippen molar-refractivity contribution in [3.05, 3.63) is 64.4 Å². The van der Waals surface area contributed by atoms with E-state index in [9.17, 15) is 0 Å². The molecule has 3 aromatic rings. The quantitative estimate of drug-likeness (QED) is 0.654. The summed E-state index contributed by atoms with van der Waals surface area (Å²) in [6, 6.07) is 17.6. The summed E-state index contributed by atoms with van der Waals surface area (Å²) < 4.78 is 3.15. The summed E-state index contributed by atoms with van der Waals surface area (Å²) in [6.45, 7) is 0. The molecule has 1 unspecified atom stereocenters. The molecule has 0 saturated heterocycles. The van der Waals surface area contributed by atoms with E-state index in [2.05, 4.69) is 52.0 Å². The van der Waals surface area contributed by atoms with E-state index in [1.807, 2.05) is 6.07 Å². The van der Waals surface area contributed by atoms with Crippen LogP contribution in [0.25, 0.3) is 11.0 Å². The third kappa shape index (κ3) is 1.81. The standard InChI is InChI=1S/C17H16N2S/c20-17-18-15-7-3-4-8-16(15)19(17)14-10-9-12-5-1-2-6-13(12)11-14/h1-8,14H,9-11H2,(H,18,20). The van der Waals surface area contributed by atoms with Gasteiger partial charge in [0.05, 0.1) is 11.0 Å². The predicted octanol–water partition coefficient (Wildman–Crippen LogP) is 4.43. The van der Waals surface area contributed by atoms with Crippen molar-refractivity contribution >= 4 is 23.3 Å². The molecule has 3 heteroatoms. The second kappa shape index (κ2) is 4.60. The number of aromatic nitrogens is 2. The van der Waals surface area contributed by atoms with Crippen LogP contribution in [-0.4, -0.2) is 9.55 Å². The van der Waals surface area contributed by atoms with Crippen molar-refractivity contribution in [2.75, 3.05) is 0 Å². The number of nitrogens with one attached hydrogen (secondary N) is 1. The number of nitrogens with zero attached hydrogens (tertiary/aromatic N) is 1. The van der Waals surface area contributed by atoms with E-state index < -0.39 is 0 Å². The molecule has 0 radical (unpaired) electrons. The van der Waals surface area contributed by atoms with Gasteiger partial charge < -0.3 is 9.55 Å². The summed E-state index contributed by atoms with van der Waals surface area (Å²) in [6.07, 6.45) is 3.38. The first-order chi connectivity index (χ1) is 9.83. The first-order valence-electron chi connectivity index (χ1n) is 7.09. The summed E-state index contributed by atoms with van der Waals surface area (Å²) >= 11 is 5.54. The summed E-state index contributed by atoms with van der Waals surface area (Å²) in [5.41, 5.74) is 5.32. The summed E-state index contributed by atoms with van der Waals surface area (Å²) in [7, 11) is 0. The first kappa shape index (κ1) is 11.9. The molecule has 2 aromatic carbocycles. The van der Waals surface area contributed by atoms with Gasteiger partial charge in [-0.1, -0.05) is 36.4 Å². The number of hydrogen-bond donors (Lipinski definition) is 1. The lowest BCUT2D eigenvalue weighted by molar-refractivity contribution is 0.448. The van der Waals surface area contributed by atoms with Gasteiger partial charge in [0.1, 0.15) is 0 Å². The number of rotatable bonds is 1. The molecule has 20 heavy (non-hydrogen) atoms. The van der Waals surface area contributed by atoms with Crippen molar-refractivity contribution in [3.63, 3.8) is 0 Å². The molecule has 0 aliphatic heterocycles. The lowest BCUT2D eigenvalue weighted by Gasteiger charge is -2.26. The van der Waals surface area contributed by atoms with Crippen LogP contribution < -0.4 is 0 Å². The van der Waals surface area contributed by atoms with Crippen molar-refractivity contribution in [1.82, 2.24) is 9.55 Å². The molecule has 1 aliphatic rings. The van der Waals surface area contributed by atoms with Crippen LogP contribution in [0.4, 0.5) is 0 Å². The maximum absolute atomic E-state index is 5.54.